The molecule has 3 aromatic carbocycles. The first-order valence-corrected chi connectivity index (χ1v) is 16.0. The van der Waals surface area contributed by atoms with Crippen LogP contribution in [0.5, 0.6) is 0 Å². The number of carbonyl (C=O) groups is 2. The highest BCUT2D eigenvalue weighted by Crippen LogP contribution is 2.27. The fourth-order valence-electron chi connectivity index (χ4n) is 4.94. The van der Waals surface area contributed by atoms with Gasteiger partial charge in [0.15, 0.2) is 0 Å². The Hall–Kier alpha value is -3.24. The first-order chi connectivity index (χ1) is 19.6. The lowest BCUT2D eigenvalue weighted by atomic mass is 9.95. The topological polar surface area (TPSA) is 86.8 Å². The first kappa shape index (κ1) is 30.7. The Bertz CT molecular complexity index is 1460. The summed E-state index contributed by atoms with van der Waals surface area (Å²) in [6.07, 6.45) is 4.91. The minimum Gasteiger partial charge on any atom is -0.352 e. The number of hydrogen-bond donors (Lipinski definition) is 1. The van der Waals surface area contributed by atoms with Gasteiger partial charge in [0.05, 0.1) is 10.6 Å². The van der Waals surface area contributed by atoms with Gasteiger partial charge in [0.2, 0.25) is 11.8 Å². The van der Waals surface area contributed by atoms with Crippen LogP contribution < -0.4 is 9.62 Å². The van der Waals surface area contributed by atoms with Crippen LogP contribution in [0.25, 0.3) is 0 Å². The summed E-state index contributed by atoms with van der Waals surface area (Å²) in [5.74, 6) is -1.49. The molecule has 0 radical (unpaired) electrons. The summed E-state index contributed by atoms with van der Waals surface area (Å²) < 4.78 is 44.2. The molecule has 1 aliphatic carbocycles. The standard InChI is InChI=1S/C31H35BrFN3O4S/c1-22-12-18-28(19-13-22)41(39,40)36(27-16-14-25(32)15-17-27)21-30(37)35(20-24-8-6-7-11-29(24)33)23(2)31(38)34-26-9-4-3-5-10-26/h6-8,11-19,23,26H,3-5,9-10,20-21H2,1-2H3,(H,34,38)/t23-/m1/s1. The third-order valence-corrected chi connectivity index (χ3v) is 9.74. The zero-order valence-electron chi connectivity index (χ0n) is 23.2. The molecule has 1 N–H and O–H groups in total. The number of amides is 2. The Morgan fingerprint density at radius 2 is 1.61 bits per heavy atom. The monoisotopic (exact) mass is 643 g/mol. The molecule has 41 heavy (non-hydrogen) atoms. The van der Waals surface area contributed by atoms with Crippen LogP contribution in [0.2, 0.25) is 0 Å². The van der Waals surface area contributed by atoms with Gasteiger partial charge in [-0.05, 0) is 69.2 Å². The van der Waals surface area contributed by atoms with Crippen molar-refractivity contribution in [2.75, 3.05) is 10.8 Å². The molecule has 218 valence electrons. The van der Waals surface area contributed by atoms with Crippen molar-refractivity contribution in [3.8, 4) is 0 Å². The van der Waals surface area contributed by atoms with Crippen molar-refractivity contribution < 1.29 is 22.4 Å². The molecule has 10 heteroatoms. The number of benzene rings is 3. The van der Waals surface area contributed by atoms with Crippen LogP contribution in [0.3, 0.4) is 0 Å². The average molecular weight is 645 g/mol. The third-order valence-electron chi connectivity index (χ3n) is 7.42. The van der Waals surface area contributed by atoms with Crippen LogP contribution in [0.1, 0.15) is 50.2 Å². The van der Waals surface area contributed by atoms with Crippen molar-refractivity contribution in [3.63, 3.8) is 0 Å². The largest absolute Gasteiger partial charge is 0.352 e. The van der Waals surface area contributed by atoms with E-state index in [1.807, 2.05) is 6.92 Å². The Kier molecular flexibility index (Phi) is 10.2. The molecule has 7 nitrogen and oxygen atoms in total. The summed E-state index contributed by atoms with van der Waals surface area (Å²) in [7, 11) is -4.17. The van der Waals surface area contributed by atoms with Gasteiger partial charge in [0.25, 0.3) is 10.0 Å². The Labute approximate surface area is 249 Å². The molecule has 4 rings (SSSR count). The molecular formula is C31H35BrFN3O4S. The van der Waals surface area contributed by atoms with E-state index in [2.05, 4.69) is 21.2 Å². The molecule has 0 bridgehead atoms. The fourth-order valence-corrected chi connectivity index (χ4v) is 6.61. The number of rotatable bonds is 10. The van der Waals surface area contributed by atoms with E-state index >= 15 is 0 Å². The molecule has 1 fully saturated rings. The SMILES string of the molecule is Cc1ccc(S(=O)(=O)N(CC(=O)N(Cc2ccccc2F)[C@H](C)C(=O)NC2CCCCC2)c2ccc(Br)cc2)cc1. The highest BCUT2D eigenvalue weighted by molar-refractivity contribution is 9.10. The molecule has 0 unspecified atom stereocenters. The summed E-state index contributed by atoms with van der Waals surface area (Å²) in [5, 5.41) is 3.04. The van der Waals surface area contributed by atoms with Gasteiger partial charge >= 0.3 is 0 Å². The van der Waals surface area contributed by atoms with Gasteiger partial charge in [0.1, 0.15) is 18.4 Å². The number of nitrogens with one attached hydrogen (secondary N) is 1. The van der Waals surface area contributed by atoms with E-state index in [1.165, 1.54) is 23.1 Å². The molecule has 0 aromatic heterocycles. The summed E-state index contributed by atoms with van der Waals surface area (Å²) in [5.41, 5.74) is 1.41. The second-order valence-corrected chi connectivity index (χ2v) is 13.2. The zero-order valence-corrected chi connectivity index (χ0v) is 25.6. The van der Waals surface area contributed by atoms with Crippen molar-refractivity contribution in [1.29, 1.82) is 0 Å². The third kappa shape index (κ3) is 7.74. The first-order valence-electron chi connectivity index (χ1n) is 13.7. The smallest absolute Gasteiger partial charge is 0.264 e. The number of carbonyl (C=O) groups excluding carboxylic acids is 2. The second kappa shape index (κ2) is 13.6. The van der Waals surface area contributed by atoms with Crippen molar-refractivity contribution in [2.45, 2.75) is 69.5 Å². The highest BCUT2D eigenvalue weighted by atomic mass is 79.9. The van der Waals surface area contributed by atoms with Crippen molar-refractivity contribution >= 4 is 43.5 Å². The molecule has 1 atom stereocenters. The van der Waals surface area contributed by atoms with Gasteiger partial charge in [-0.3, -0.25) is 13.9 Å². The van der Waals surface area contributed by atoms with Gasteiger partial charge in [0, 0.05) is 22.6 Å². The van der Waals surface area contributed by atoms with E-state index in [1.54, 1.807) is 61.5 Å². The van der Waals surface area contributed by atoms with E-state index in [9.17, 15) is 22.4 Å². The minimum atomic E-state index is -4.17. The maximum atomic E-state index is 14.7. The molecular weight excluding hydrogens is 609 g/mol. The van der Waals surface area contributed by atoms with Gasteiger partial charge < -0.3 is 10.2 Å². The molecule has 2 amide bonds. The van der Waals surface area contributed by atoms with E-state index < -0.39 is 34.3 Å². The predicted octanol–water partition coefficient (Wildman–Crippen LogP) is 5.96. The molecule has 1 saturated carbocycles. The zero-order chi connectivity index (χ0) is 29.6. The van der Waals surface area contributed by atoms with Crippen LogP contribution >= 0.6 is 15.9 Å². The maximum absolute atomic E-state index is 14.7. The average Bonchev–Trinajstić information content (AvgIpc) is 2.96. The molecule has 0 aliphatic heterocycles. The lowest BCUT2D eigenvalue weighted by Gasteiger charge is -2.33. The maximum Gasteiger partial charge on any atom is 0.264 e. The molecule has 3 aromatic rings. The minimum absolute atomic E-state index is 0.0188. The Morgan fingerprint density at radius 1 is 0.976 bits per heavy atom. The molecule has 0 saturated heterocycles. The quantitative estimate of drug-likeness (QED) is 0.295. The number of halogens is 2. The molecule has 1 aliphatic rings. The number of sulfonamides is 1. The Balaban J connectivity index is 1.68. The van der Waals surface area contributed by atoms with Crippen LogP contribution in [0, 0.1) is 12.7 Å². The van der Waals surface area contributed by atoms with Crippen LogP contribution in [-0.4, -0.2) is 43.8 Å². The van der Waals surface area contributed by atoms with Crippen molar-refractivity contribution in [2.24, 2.45) is 0 Å². The normalized spacial score (nSPS) is 14.7. The number of aryl methyl sites for hydroxylation is 1. The molecule has 0 heterocycles. The van der Waals surface area contributed by atoms with Crippen LogP contribution in [0.15, 0.2) is 82.2 Å². The summed E-state index contributed by atoms with van der Waals surface area (Å²) >= 11 is 3.37. The van der Waals surface area contributed by atoms with Gasteiger partial charge in [-0.2, -0.15) is 0 Å². The van der Waals surface area contributed by atoms with Crippen molar-refractivity contribution in [1.82, 2.24) is 10.2 Å². The lowest BCUT2D eigenvalue weighted by molar-refractivity contribution is -0.139. The highest BCUT2D eigenvalue weighted by Gasteiger charge is 2.33. The lowest BCUT2D eigenvalue weighted by Crippen LogP contribution is -2.53. The van der Waals surface area contributed by atoms with Crippen LogP contribution in [-0.2, 0) is 26.2 Å². The second-order valence-electron chi connectivity index (χ2n) is 10.4. The van der Waals surface area contributed by atoms with Gasteiger partial charge in [-0.25, -0.2) is 12.8 Å². The number of hydrogen-bond acceptors (Lipinski definition) is 4. The van der Waals surface area contributed by atoms with Gasteiger partial charge in [-0.1, -0.05) is 71.1 Å². The van der Waals surface area contributed by atoms with Crippen LogP contribution in [0.4, 0.5) is 10.1 Å². The summed E-state index contributed by atoms with van der Waals surface area (Å²) in [4.78, 5) is 28.6. The van der Waals surface area contributed by atoms with Gasteiger partial charge in [-0.15, -0.1) is 0 Å². The number of nitrogens with zero attached hydrogens (tertiary/aromatic N) is 2. The predicted molar refractivity (Wildman–Crippen MR) is 161 cm³/mol. The Morgan fingerprint density at radius 3 is 2.24 bits per heavy atom. The van der Waals surface area contributed by atoms with E-state index in [0.717, 1.165) is 46.4 Å². The molecule has 0 spiro atoms. The summed E-state index contributed by atoms with van der Waals surface area (Å²) in [6.45, 7) is 2.68. The number of anilines is 1. The van der Waals surface area contributed by atoms with E-state index in [0.29, 0.717) is 0 Å². The van der Waals surface area contributed by atoms with Crippen molar-refractivity contribution in [3.05, 3.63) is 94.2 Å². The van der Waals surface area contributed by atoms with E-state index in [4.69, 9.17) is 0 Å². The van der Waals surface area contributed by atoms with E-state index in [-0.39, 0.29) is 34.6 Å². The summed E-state index contributed by atoms with van der Waals surface area (Å²) in [6, 6.07) is 18.1. The fraction of sp³-hybridized carbons (Fsp3) is 0.355.